The normalized spacial score (nSPS) is 22.8. The van der Waals surface area contributed by atoms with Gasteiger partial charge in [-0.3, -0.25) is 14.6 Å². The van der Waals surface area contributed by atoms with Gasteiger partial charge in [0.25, 0.3) is 0 Å². The van der Waals surface area contributed by atoms with Crippen LogP contribution < -0.4 is 5.73 Å². The zero-order chi connectivity index (χ0) is 12.4. The lowest BCUT2D eigenvalue weighted by Gasteiger charge is -2.37. The van der Waals surface area contributed by atoms with E-state index >= 15 is 0 Å². The van der Waals surface area contributed by atoms with Crippen molar-refractivity contribution in [1.29, 1.82) is 0 Å². The van der Waals surface area contributed by atoms with Crippen LogP contribution in [0.5, 0.6) is 0 Å². The minimum atomic E-state index is -0.253. The van der Waals surface area contributed by atoms with Gasteiger partial charge in [0.2, 0.25) is 5.91 Å². The smallest absolute Gasteiger partial charge is 0.236 e. The zero-order valence-electron chi connectivity index (χ0n) is 10.3. The maximum Gasteiger partial charge on any atom is 0.236 e. The monoisotopic (exact) mass is 237 g/mol. The number of likely N-dealkylation sites (N-methyl/N-ethyl adjacent to an activating group) is 1. The third kappa shape index (κ3) is 2.65. The maximum absolute atomic E-state index is 11.3. The summed E-state index contributed by atoms with van der Waals surface area (Å²) in [6.07, 6.45) is 3.72. The number of piperazine rings is 1. The number of hydrogen-bond donors (Lipinski definition) is 1. The molecule has 0 bridgehead atoms. The van der Waals surface area contributed by atoms with E-state index in [9.17, 15) is 4.79 Å². The molecule has 0 aromatic carbocycles. The first-order valence-electron chi connectivity index (χ1n) is 5.76. The molecule has 1 aromatic rings. The molecule has 1 aliphatic rings. The third-order valence-corrected chi connectivity index (χ3v) is 3.35. The summed E-state index contributed by atoms with van der Waals surface area (Å²) >= 11 is 0. The van der Waals surface area contributed by atoms with E-state index in [1.165, 1.54) is 0 Å². The van der Waals surface area contributed by atoms with Crippen LogP contribution in [0.1, 0.15) is 5.82 Å². The summed E-state index contributed by atoms with van der Waals surface area (Å²) in [4.78, 5) is 19.8. The van der Waals surface area contributed by atoms with Gasteiger partial charge >= 0.3 is 0 Å². The summed E-state index contributed by atoms with van der Waals surface area (Å²) < 4.78 is 2.00. The molecule has 0 radical (unpaired) electrons. The molecule has 6 heteroatoms. The van der Waals surface area contributed by atoms with E-state index in [1.807, 2.05) is 29.8 Å². The molecule has 2 heterocycles. The molecule has 0 unspecified atom stereocenters. The van der Waals surface area contributed by atoms with E-state index in [4.69, 9.17) is 5.73 Å². The highest BCUT2D eigenvalue weighted by molar-refractivity contribution is 5.80. The Kier molecular flexibility index (Phi) is 3.44. The minimum absolute atomic E-state index is 0.191. The Labute approximate surface area is 101 Å². The van der Waals surface area contributed by atoms with Crippen LogP contribution in [0.2, 0.25) is 0 Å². The predicted molar refractivity (Wildman–Crippen MR) is 64.1 cm³/mol. The summed E-state index contributed by atoms with van der Waals surface area (Å²) in [5.41, 5.74) is 5.40. The number of nitrogens with two attached hydrogens (primary N) is 1. The molecule has 1 saturated heterocycles. The minimum Gasteiger partial charge on any atom is -0.368 e. The molecule has 6 nitrogen and oxygen atoms in total. The van der Waals surface area contributed by atoms with Gasteiger partial charge in [0.15, 0.2) is 0 Å². The number of carbonyl (C=O) groups is 1. The Morgan fingerprint density at radius 2 is 2.29 bits per heavy atom. The maximum atomic E-state index is 11.3. The van der Waals surface area contributed by atoms with Gasteiger partial charge < -0.3 is 10.3 Å². The molecule has 1 aromatic heterocycles. The van der Waals surface area contributed by atoms with Crippen LogP contribution in [0.25, 0.3) is 0 Å². The first-order chi connectivity index (χ1) is 8.08. The van der Waals surface area contributed by atoms with Crippen molar-refractivity contribution in [2.24, 2.45) is 12.8 Å². The van der Waals surface area contributed by atoms with Gasteiger partial charge in [0.05, 0.1) is 6.54 Å². The molecule has 0 saturated carbocycles. The highest BCUT2D eigenvalue weighted by atomic mass is 16.1. The van der Waals surface area contributed by atoms with E-state index in [-0.39, 0.29) is 11.9 Å². The van der Waals surface area contributed by atoms with Crippen molar-refractivity contribution in [2.45, 2.75) is 12.6 Å². The van der Waals surface area contributed by atoms with Crippen LogP contribution in [0.15, 0.2) is 12.4 Å². The van der Waals surface area contributed by atoms with Crippen LogP contribution in [0, 0.1) is 0 Å². The van der Waals surface area contributed by atoms with E-state index in [0.717, 1.165) is 25.5 Å². The third-order valence-electron chi connectivity index (χ3n) is 3.35. The number of primary amides is 1. The topological polar surface area (TPSA) is 67.4 Å². The summed E-state index contributed by atoms with van der Waals surface area (Å²) in [5, 5.41) is 0. The second-order valence-electron chi connectivity index (χ2n) is 4.59. The fourth-order valence-corrected chi connectivity index (χ4v) is 2.13. The van der Waals surface area contributed by atoms with E-state index < -0.39 is 0 Å². The van der Waals surface area contributed by atoms with Gasteiger partial charge in [-0.15, -0.1) is 0 Å². The average molecular weight is 237 g/mol. The SMILES string of the molecule is CN1CCN(Cc2nccn2C)C[C@@H]1C(N)=O. The summed E-state index contributed by atoms with van der Waals surface area (Å²) in [7, 11) is 3.91. The quantitative estimate of drug-likeness (QED) is 0.734. The molecule has 2 rings (SSSR count). The highest BCUT2D eigenvalue weighted by Gasteiger charge is 2.28. The Hall–Kier alpha value is -1.40. The fourth-order valence-electron chi connectivity index (χ4n) is 2.13. The van der Waals surface area contributed by atoms with Crippen LogP contribution >= 0.6 is 0 Å². The number of imidazole rings is 1. The molecular weight excluding hydrogens is 218 g/mol. The fraction of sp³-hybridized carbons (Fsp3) is 0.636. The number of aryl methyl sites for hydroxylation is 1. The molecule has 0 spiro atoms. The lowest BCUT2D eigenvalue weighted by atomic mass is 10.1. The van der Waals surface area contributed by atoms with Crippen molar-refractivity contribution < 1.29 is 4.79 Å². The van der Waals surface area contributed by atoms with E-state index in [2.05, 4.69) is 9.88 Å². The van der Waals surface area contributed by atoms with Gasteiger partial charge in [0.1, 0.15) is 11.9 Å². The zero-order valence-corrected chi connectivity index (χ0v) is 10.3. The Morgan fingerprint density at radius 1 is 1.53 bits per heavy atom. The largest absolute Gasteiger partial charge is 0.368 e. The van der Waals surface area contributed by atoms with Crippen molar-refractivity contribution >= 4 is 5.91 Å². The molecule has 94 valence electrons. The second kappa shape index (κ2) is 4.85. The number of carbonyl (C=O) groups excluding carboxylic acids is 1. The molecule has 1 amide bonds. The molecule has 2 N–H and O–H groups in total. The van der Waals surface area contributed by atoms with Crippen molar-refractivity contribution in [2.75, 3.05) is 26.7 Å². The van der Waals surface area contributed by atoms with Crippen molar-refractivity contribution in [1.82, 2.24) is 19.4 Å². The van der Waals surface area contributed by atoms with Crippen LogP contribution in [0.3, 0.4) is 0 Å². The van der Waals surface area contributed by atoms with E-state index in [1.54, 1.807) is 6.20 Å². The summed E-state index contributed by atoms with van der Waals surface area (Å²) in [6.45, 7) is 3.24. The number of amides is 1. The van der Waals surface area contributed by atoms with Crippen molar-refractivity contribution in [3.8, 4) is 0 Å². The van der Waals surface area contributed by atoms with Crippen LogP contribution in [0.4, 0.5) is 0 Å². The Balaban J connectivity index is 1.99. The highest BCUT2D eigenvalue weighted by Crippen LogP contribution is 2.10. The predicted octanol–water partition coefficient (Wildman–Crippen LogP) is -0.979. The lowest BCUT2D eigenvalue weighted by molar-refractivity contribution is -0.125. The first kappa shape index (κ1) is 12.1. The first-order valence-corrected chi connectivity index (χ1v) is 5.76. The molecule has 17 heavy (non-hydrogen) atoms. The standard InChI is InChI=1S/C11H19N5O/c1-14-5-6-16(7-9(14)11(12)17)8-10-13-3-4-15(10)2/h3-4,9H,5-8H2,1-2H3,(H2,12,17)/t9-/m1/s1. The van der Waals surface area contributed by atoms with Crippen molar-refractivity contribution in [3.05, 3.63) is 18.2 Å². The van der Waals surface area contributed by atoms with Gasteiger partial charge in [-0.05, 0) is 7.05 Å². The van der Waals surface area contributed by atoms with Gasteiger partial charge in [0, 0.05) is 39.1 Å². The molecule has 1 atom stereocenters. The van der Waals surface area contributed by atoms with E-state index in [0.29, 0.717) is 6.54 Å². The van der Waals surface area contributed by atoms with Crippen LogP contribution in [-0.4, -0.2) is 58.0 Å². The molecule has 1 aliphatic heterocycles. The number of aromatic nitrogens is 2. The van der Waals surface area contributed by atoms with Crippen molar-refractivity contribution in [3.63, 3.8) is 0 Å². The molecule has 1 fully saturated rings. The average Bonchev–Trinajstić information content (AvgIpc) is 2.67. The van der Waals surface area contributed by atoms with Gasteiger partial charge in [-0.2, -0.15) is 0 Å². The number of nitrogens with zero attached hydrogens (tertiary/aromatic N) is 4. The number of rotatable bonds is 3. The Bertz CT molecular complexity index is 402. The van der Waals surface area contributed by atoms with Crippen LogP contribution in [-0.2, 0) is 18.4 Å². The lowest BCUT2D eigenvalue weighted by Crippen LogP contribution is -2.56. The molecule has 0 aliphatic carbocycles. The van der Waals surface area contributed by atoms with Gasteiger partial charge in [-0.25, -0.2) is 4.98 Å². The molecular formula is C11H19N5O. The number of hydrogen-bond acceptors (Lipinski definition) is 4. The second-order valence-corrected chi connectivity index (χ2v) is 4.59. The van der Waals surface area contributed by atoms with Gasteiger partial charge in [-0.1, -0.05) is 0 Å². The summed E-state index contributed by atoms with van der Waals surface area (Å²) in [6, 6.07) is -0.191. The summed E-state index contributed by atoms with van der Waals surface area (Å²) in [5.74, 6) is 0.759. The Morgan fingerprint density at radius 3 is 2.88 bits per heavy atom.